The topological polar surface area (TPSA) is 68.3 Å². The molecular weight excluding hydrogens is 240 g/mol. The molecule has 2 aromatic carbocycles. The number of benzene rings is 2. The molecule has 0 aliphatic carbocycles. The van der Waals surface area contributed by atoms with Gasteiger partial charge in [0.1, 0.15) is 24.2 Å². The number of hydrogen-bond donors (Lipinski definition) is 1. The van der Waals surface area contributed by atoms with Gasteiger partial charge in [0.05, 0.1) is 18.4 Å². The fourth-order valence-electron chi connectivity index (χ4n) is 1.69. The van der Waals surface area contributed by atoms with Crippen LogP contribution in [0.15, 0.2) is 42.5 Å². The maximum atomic E-state index is 8.91. The lowest BCUT2D eigenvalue weighted by Gasteiger charge is -2.10. The molecule has 0 spiro atoms. The molecule has 0 aliphatic rings. The van der Waals surface area contributed by atoms with Crippen LogP contribution < -0.4 is 15.2 Å². The van der Waals surface area contributed by atoms with E-state index in [1.54, 1.807) is 18.2 Å². The van der Waals surface area contributed by atoms with Crippen LogP contribution in [0.25, 0.3) is 0 Å². The normalized spacial score (nSPS) is 9.68. The second-order valence-electron chi connectivity index (χ2n) is 3.97. The maximum Gasteiger partial charge on any atom is 0.142 e. The number of nitriles is 1. The van der Waals surface area contributed by atoms with E-state index in [0.717, 1.165) is 5.56 Å². The van der Waals surface area contributed by atoms with Crippen molar-refractivity contribution < 1.29 is 9.47 Å². The zero-order chi connectivity index (χ0) is 13.7. The molecule has 0 amide bonds. The fraction of sp³-hybridized carbons (Fsp3) is 0.133. The Bertz CT molecular complexity index is 618. The summed E-state index contributed by atoms with van der Waals surface area (Å²) in [6, 6.07) is 14.7. The summed E-state index contributed by atoms with van der Waals surface area (Å²) in [6.45, 7) is 0.371. The Morgan fingerprint density at radius 3 is 2.63 bits per heavy atom. The molecule has 0 heterocycles. The van der Waals surface area contributed by atoms with Crippen LogP contribution in [-0.4, -0.2) is 7.11 Å². The van der Waals surface area contributed by atoms with Crippen molar-refractivity contribution in [3.8, 4) is 17.6 Å². The summed E-state index contributed by atoms with van der Waals surface area (Å²) in [6.07, 6.45) is 0. The van der Waals surface area contributed by atoms with Crippen LogP contribution >= 0.6 is 0 Å². The summed E-state index contributed by atoms with van der Waals surface area (Å²) >= 11 is 0. The van der Waals surface area contributed by atoms with Gasteiger partial charge in [0.2, 0.25) is 0 Å². The van der Waals surface area contributed by atoms with Crippen LogP contribution in [-0.2, 0) is 6.61 Å². The van der Waals surface area contributed by atoms with Gasteiger partial charge in [-0.3, -0.25) is 0 Å². The van der Waals surface area contributed by atoms with E-state index in [0.29, 0.717) is 29.4 Å². The minimum absolute atomic E-state index is 0.371. The number of hydrogen-bond acceptors (Lipinski definition) is 4. The minimum atomic E-state index is 0.371. The van der Waals surface area contributed by atoms with E-state index in [-0.39, 0.29) is 0 Å². The summed E-state index contributed by atoms with van der Waals surface area (Å²) in [7, 11) is 1.54. The third-order valence-electron chi connectivity index (χ3n) is 2.70. The van der Waals surface area contributed by atoms with Gasteiger partial charge < -0.3 is 15.2 Å². The Balaban J connectivity index is 2.13. The molecule has 0 bridgehead atoms. The molecule has 4 heteroatoms. The van der Waals surface area contributed by atoms with Crippen molar-refractivity contribution in [2.75, 3.05) is 12.8 Å². The predicted molar refractivity (Wildman–Crippen MR) is 72.9 cm³/mol. The Morgan fingerprint density at radius 1 is 1.16 bits per heavy atom. The van der Waals surface area contributed by atoms with Crippen LogP contribution in [0.5, 0.6) is 11.5 Å². The standard InChI is InChI=1S/C15H14N2O2/c1-18-15-8-11(6-7-12(15)9-16)10-19-14-5-3-2-4-13(14)17/h2-8H,10,17H2,1H3. The smallest absolute Gasteiger partial charge is 0.142 e. The number of rotatable bonds is 4. The van der Waals surface area contributed by atoms with Gasteiger partial charge in [-0.1, -0.05) is 18.2 Å². The van der Waals surface area contributed by atoms with Gasteiger partial charge in [-0.25, -0.2) is 0 Å². The van der Waals surface area contributed by atoms with Gasteiger partial charge >= 0.3 is 0 Å². The van der Waals surface area contributed by atoms with E-state index in [4.69, 9.17) is 20.5 Å². The SMILES string of the molecule is COc1cc(COc2ccccc2N)ccc1C#N. The lowest BCUT2D eigenvalue weighted by atomic mass is 10.1. The molecule has 0 atom stereocenters. The Hall–Kier alpha value is -2.67. The largest absolute Gasteiger partial charge is 0.495 e. The molecule has 0 unspecified atom stereocenters. The van der Waals surface area contributed by atoms with Gasteiger partial charge in [-0.2, -0.15) is 5.26 Å². The summed E-state index contributed by atoms with van der Waals surface area (Å²) in [4.78, 5) is 0. The minimum Gasteiger partial charge on any atom is -0.495 e. The van der Waals surface area contributed by atoms with Crippen LogP contribution in [0.2, 0.25) is 0 Å². The molecule has 19 heavy (non-hydrogen) atoms. The van der Waals surface area contributed by atoms with Crippen molar-refractivity contribution >= 4 is 5.69 Å². The van der Waals surface area contributed by atoms with Crippen molar-refractivity contribution in [3.63, 3.8) is 0 Å². The van der Waals surface area contributed by atoms with Crippen LogP contribution in [0.4, 0.5) is 5.69 Å². The number of methoxy groups -OCH3 is 1. The van der Waals surface area contributed by atoms with Gasteiger partial charge in [-0.05, 0) is 29.8 Å². The van der Waals surface area contributed by atoms with Crippen molar-refractivity contribution in [1.29, 1.82) is 5.26 Å². The first kappa shape index (κ1) is 12.8. The molecule has 0 saturated heterocycles. The zero-order valence-electron chi connectivity index (χ0n) is 10.6. The van der Waals surface area contributed by atoms with E-state index < -0.39 is 0 Å². The second-order valence-corrected chi connectivity index (χ2v) is 3.97. The molecule has 2 rings (SSSR count). The quantitative estimate of drug-likeness (QED) is 0.852. The van der Waals surface area contributed by atoms with Crippen molar-refractivity contribution in [2.45, 2.75) is 6.61 Å². The first-order valence-corrected chi connectivity index (χ1v) is 5.79. The van der Waals surface area contributed by atoms with E-state index in [1.165, 1.54) is 7.11 Å². The fourth-order valence-corrected chi connectivity index (χ4v) is 1.69. The second kappa shape index (κ2) is 5.78. The average molecular weight is 254 g/mol. The first-order chi connectivity index (χ1) is 9.24. The summed E-state index contributed by atoms with van der Waals surface area (Å²) in [5, 5.41) is 8.91. The van der Waals surface area contributed by atoms with Crippen LogP contribution in [0, 0.1) is 11.3 Å². The van der Waals surface area contributed by atoms with Crippen molar-refractivity contribution in [2.24, 2.45) is 0 Å². The zero-order valence-corrected chi connectivity index (χ0v) is 10.6. The monoisotopic (exact) mass is 254 g/mol. The number of para-hydroxylation sites is 2. The predicted octanol–water partition coefficient (Wildman–Crippen LogP) is 2.73. The van der Waals surface area contributed by atoms with Gasteiger partial charge in [0, 0.05) is 0 Å². The highest BCUT2D eigenvalue weighted by molar-refractivity contribution is 5.52. The highest BCUT2D eigenvalue weighted by atomic mass is 16.5. The maximum absolute atomic E-state index is 8.91. The third-order valence-corrected chi connectivity index (χ3v) is 2.70. The lowest BCUT2D eigenvalue weighted by molar-refractivity contribution is 0.307. The molecule has 0 fully saturated rings. The molecule has 0 saturated carbocycles. The van der Waals surface area contributed by atoms with E-state index in [1.807, 2.05) is 24.3 Å². The van der Waals surface area contributed by atoms with E-state index in [2.05, 4.69) is 6.07 Å². The lowest BCUT2D eigenvalue weighted by Crippen LogP contribution is -1.99. The summed E-state index contributed by atoms with van der Waals surface area (Å²) < 4.78 is 10.8. The molecule has 96 valence electrons. The molecule has 0 aromatic heterocycles. The van der Waals surface area contributed by atoms with Gasteiger partial charge in [0.25, 0.3) is 0 Å². The number of nitrogen functional groups attached to an aromatic ring is 1. The number of ether oxygens (including phenoxy) is 2. The van der Waals surface area contributed by atoms with Crippen LogP contribution in [0.1, 0.15) is 11.1 Å². The Kier molecular flexibility index (Phi) is 3.89. The summed E-state index contributed by atoms with van der Waals surface area (Å²) in [5.41, 5.74) is 7.81. The van der Waals surface area contributed by atoms with Crippen molar-refractivity contribution in [1.82, 2.24) is 0 Å². The third kappa shape index (κ3) is 2.96. The number of nitrogens with two attached hydrogens (primary N) is 1. The molecule has 0 aliphatic heterocycles. The molecule has 2 N–H and O–H groups in total. The van der Waals surface area contributed by atoms with E-state index in [9.17, 15) is 0 Å². The highest BCUT2D eigenvalue weighted by Gasteiger charge is 2.05. The van der Waals surface area contributed by atoms with Crippen LogP contribution in [0.3, 0.4) is 0 Å². The Labute approximate surface area is 112 Å². The molecule has 2 aromatic rings. The first-order valence-electron chi connectivity index (χ1n) is 5.79. The molecule has 0 radical (unpaired) electrons. The molecular formula is C15H14N2O2. The van der Waals surface area contributed by atoms with Gasteiger partial charge in [-0.15, -0.1) is 0 Å². The molecule has 4 nitrogen and oxygen atoms in total. The van der Waals surface area contributed by atoms with E-state index >= 15 is 0 Å². The Morgan fingerprint density at radius 2 is 1.95 bits per heavy atom. The highest BCUT2D eigenvalue weighted by Crippen LogP contribution is 2.23. The average Bonchev–Trinajstić information content (AvgIpc) is 2.46. The van der Waals surface area contributed by atoms with Crippen molar-refractivity contribution in [3.05, 3.63) is 53.6 Å². The summed E-state index contributed by atoms with van der Waals surface area (Å²) in [5.74, 6) is 1.19. The number of nitrogens with zero attached hydrogens (tertiary/aromatic N) is 1. The number of anilines is 1. The van der Waals surface area contributed by atoms with Gasteiger partial charge in [0.15, 0.2) is 0 Å².